The Morgan fingerprint density at radius 2 is 1.89 bits per heavy atom. The summed E-state index contributed by atoms with van der Waals surface area (Å²) in [6, 6.07) is 4.26. The molecule has 2 unspecified atom stereocenters. The average molecular weight is 285 g/mol. The second-order valence-corrected chi connectivity index (χ2v) is 6.14. The van der Waals surface area contributed by atoms with Crippen molar-refractivity contribution in [2.24, 2.45) is 16.8 Å². The molecule has 0 radical (unpaired) electrons. The van der Waals surface area contributed by atoms with Crippen LogP contribution in [0.15, 0.2) is 23.1 Å². The minimum absolute atomic E-state index is 0.00116. The van der Waals surface area contributed by atoms with E-state index in [4.69, 9.17) is 10.9 Å². The van der Waals surface area contributed by atoms with Gasteiger partial charge in [-0.2, -0.15) is 0 Å². The highest BCUT2D eigenvalue weighted by atomic mass is 32.2. The second kappa shape index (κ2) is 5.68. The second-order valence-electron chi connectivity index (χ2n) is 4.61. The van der Waals surface area contributed by atoms with Crippen molar-refractivity contribution in [1.82, 2.24) is 0 Å². The number of carbonyl (C=O) groups is 1. The van der Waals surface area contributed by atoms with Crippen molar-refractivity contribution in [3.05, 3.63) is 23.8 Å². The van der Waals surface area contributed by atoms with E-state index in [1.54, 1.807) is 26.8 Å². The summed E-state index contributed by atoms with van der Waals surface area (Å²) in [7, 11) is -3.80. The van der Waals surface area contributed by atoms with E-state index in [9.17, 15) is 13.2 Å². The Kier molecular flexibility index (Phi) is 4.67. The highest BCUT2D eigenvalue weighted by molar-refractivity contribution is 7.89. The summed E-state index contributed by atoms with van der Waals surface area (Å²) >= 11 is 0. The van der Waals surface area contributed by atoms with Gasteiger partial charge in [-0.25, -0.2) is 13.6 Å². The molecule has 19 heavy (non-hydrogen) atoms. The van der Waals surface area contributed by atoms with Crippen molar-refractivity contribution in [1.29, 1.82) is 0 Å². The molecule has 0 saturated heterocycles. The van der Waals surface area contributed by atoms with Crippen LogP contribution in [0.25, 0.3) is 0 Å². The number of rotatable bonds is 4. The highest BCUT2D eigenvalue weighted by Gasteiger charge is 2.19. The molecule has 5 N–H and O–H groups in total. The quantitative estimate of drug-likeness (QED) is 0.749. The van der Waals surface area contributed by atoms with Gasteiger partial charge in [0.2, 0.25) is 15.9 Å². The largest absolute Gasteiger partial charge is 0.327 e. The summed E-state index contributed by atoms with van der Waals surface area (Å²) in [5.41, 5.74) is 6.48. The smallest absolute Gasteiger partial charge is 0.238 e. The third kappa shape index (κ3) is 3.76. The maximum atomic E-state index is 11.9. The molecule has 0 bridgehead atoms. The minimum Gasteiger partial charge on any atom is -0.327 e. The molecule has 1 aromatic rings. The molecule has 0 fully saturated rings. The van der Waals surface area contributed by atoms with Crippen LogP contribution in [0.1, 0.15) is 19.4 Å². The number of hydrogen-bond acceptors (Lipinski definition) is 4. The number of benzene rings is 1. The molecule has 0 aliphatic heterocycles. The fraction of sp³-hybridized carbons (Fsp3) is 0.417. The van der Waals surface area contributed by atoms with E-state index in [0.29, 0.717) is 11.3 Å². The van der Waals surface area contributed by atoms with Crippen LogP contribution in [0, 0.1) is 12.8 Å². The first-order chi connectivity index (χ1) is 8.64. The van der Waals surface area contributed by atoms with Crippen LogP contribution in [-0.2, 0) is 14.8 Å². The van der Waals surface area contributed by atoms with E-state index in [0.717, 1.165) is 0 Å². The Morgan fingerprint density at radius 1 is 1.32 bits per heavy atom. The lowest BCUT2D eigenvalue weighted by molar-refractivity contribution is -0.119. The van der Waals surface area contributed by atoms with Crippen LogP contribution in [0.4, 0.5) is 5.69 Å². The molecule has 2 atom stereocenters. The van der Waals surface area contributed by atoms with Gasteiger partial charge in [0.15, 0.2) is 0 Å². The Bertz CT molecular complexity index is 582. The standard InChI is InChI=1S/C12H19N3O3S/c1-7(9(3)13)12(16)15-10-5-4-6-11(8(10)2)19(14,17)18/h4-7,9H,13H2,1-3H3,(H,15,16)(H2,14,17,18). The zero-order valence-electron chi connectivity index (χ0n) is 11.2. The number of primary sulfonamides is 1. The molecule has 6 nitrogen and oxygen atoms in total. The lowest BCUT2D eigenvalue weighted by atomic mass is 10.0. The molecular formula is C12H19N3O3S. The molecule has 0 heterocycles. The minimum atomic E-state index is -3.80. The molecule has 106 valence electrons. The van der Waals surface area contributed by atoms with Crippen molar-refractivity contribution in [2.75, 3.05) is 5.32 Å². The Morgan fingerprint density at radius 3 is 2.37 bits per heavy atom. The number of hydrogen-bond donors (Lipinski definition) is 3. The first kappa shape index (κ1) is 15.6. The molecule has 1 rings (SSSR count). The van der Waals surface area contributed by atoms with E-state index in [-0.39, 0.29) is 22.8 Å². The molecule has 7 heteroatoms. The van der Waals surface area contributed by atoms with Gasteiger partial charge in [-0.1, -0.05) is 13.0 Å². The van der Waals surface area contributed by atoms with Gasteiger partial charge >= 0.3 is 0 Å². The number of carbonyl (C=O) groups excluding carboxylic acids is 1. The molecule has 0 aliphatic carbocycles. The molecule has 1 amide bonds. The van der Waals surface area contributed by atoms with E-state index in [1.165, 1.54) is 12.1 Å². The van der Waals surface area contributed by atoms with Crippen molar-refractivity contribution in [3.63, 3.8) is 0 Å². The summed E-state index contributed by atoms with van der Waals surface area (Å²) in [5.74, 6) is -0.637. The van der Waals surface area contributed by atoms with Crippen LogP contribution in [0.2, 0.25) is 0 Å². The van der Waals surface area contributed by atoms with Gasteiger partial charge in [-0.3, -0.25) is 4.79 Å². The third-order valence-electron chi connectivity index (χ3n) is 3.05. The predicted molar refractivity (Wildman–Crippen MR) is 74.0 cm³/mol. The SMILES string of the molecule is Cc1c(NC(=O)C(C)C(C)N)cccc1S(N)(=O)=O. The van der Waals surface area contributed by atoms with Gasteiger partial charge in [0, 0.05) is 11.7 Å². The van der Waals surface area contributed by atoms with Crippen LogP contribution in [-0.4, -0.2) is 20.4 Å². The summed E-state index contributed by atoms with van der Waals surface area (Å²) in [6.07, 6.45) is 0. The van der Waals surface area contributed by atoms with Gasteiger partial charge in [0.1, 0.15) is 0 Å². The average Bonchev–Trinajstić information content (AvgIpc) is 2.29. The van der Waals surface area contributed by atoms with Gasteiger partial charge < -0.3 is 11.1 Å². The monoisotopic (exact) mass is 285 g/mol. The molecule has 0 aromatic heterocycles. The summed E-state index contributed by atoms with van der Waals surface area (Å²) in [5, 5.41) is 7.77. The molecule has 0 saturated carbocycles. The molecule has 0 aliphatic rings. The van der Waals surface area contributed by atoms with Crippen LogP contribution < -0.4 is 16.2 Å². The molecule has 0 spiro atoms. The van der Waals surface area contributed by atoms with Gasteiger partial charge in [-0.15, -0.1) is 0 Å². The zero-order chi connectivity index (χ0) is 14.8. The van der Waals surface area contributed by atoms with Gasteiger partial charge in [0.05, 0.1) is 10.8 Å². The van der Waals surface area contributed by atoms with Crippen molar-refractivity contribution < 1.29 is 13.2 Å². The first-order valence-electron chi connectivity index (χ1n) is 5.83. The van der Waals surface area contributed by atoms with Gasteiger partial charge in [0.25, 0.3) is 0 Å². The van der Waals surface area contributed by atoms with Crippen LogP contribution in [0.5, 0.6) is 0 Å². The fourth-order valence-electron chi connectivity index (χ4n) is 1.54. The van der Waals surface area contributed by atoms with Crippen LogP contribution in [0.3, 0.4) is 0 Å². The lowest BCUT2D eigenvalue weighted by Crippen LogP contribution is -2.34. The van der Waals surface area contributed by atoms with Crippen molar-refractivity contribution in [2.45, 2.75) is 31.7 Å². The number of nitrogens with two attached hydrogens (primary N) is 2. The van der Waals surface area contributed by atoms with E-state index in [1.807, 2.05) is 0 Å². The molecular weight excluding hydrogens is 266 g/mol. The number of amides is 1. The zero-order valence-corrected chi connectivity index (χ0v) is 12.0. The number of anilines is 1. The molecule has 1 aromatic carbocycles. The third-order valence-corrected chi connectivity index (χ3v) is 4.11. The maximum absolute atomic E-state index is 11.9. The van der Waals surface area contributed by atoms with Crippen molar-refractivity contribution >= 4 is 21.6 Å². The Hall–Kier alpha value is -1.44. The van der Waals surface area contributed by atoms with Crippen LogP contribution >= 0.6 is 0 Å². The normalized spacial score (nSPS) is 14.8. The Labute approximate surface area is 113 Å². The van der Waals surface area contributed by atoms with Crippen molar-refractivity contribution in [3.8, 4) is 0 Å². The fourth-order valence-corrected chi connectivity index (χ4v) is 2.35. The maximum Gasteiger partial charge on any atom is 0.238 e. The number of sulfonamides is 1. The summed E-state index contributed by atoms with van der Waals surface area (Å²) < 4.78 is 22.8. The lowest BCUT2D eigenvalue weighted by Gasteiger charge is -2.17. The van der Waals surface area contributed by atoms with E-state index < -0.39 is 10.0 Å². The first-order valence-corrected chi connectivity index (χ1v) is 7.38. The van der Waals surface area contributed by atoms with E-state index in [2.05, 4.69) is 5.32 Å². The summed E-state index contributed by atoms with van der Waals surface area (Å²) in [6.45, 7) is 5.03. The van der Waals surface area contributed by atoms with Gasteiger partial charge in [-0.05, 0) is 31.5 Å². The highest BCUT2D eigenvalue weighted by Crippen LogP contribution is 2.22. The Balaban J connectivity index is 3.08. The topological polar surface area (TPSA) is 115 Å². The predicted octanol–water partition coefficient (Wildman–Crippen LogP) is 0.564. The number of nitrogens with one attached hydrogen (secondary N) is 1. The summed E-state index contributed by atoms with van der Waals surface area (Å²) in [4.78, 5) is 11.9. The van der Waals surface area contributed by atoms with E-state index >= 15 is 0 Å².